The zero-order valence-corrected chi connectivity index (χ0v) is 24.4. The number of hydrogen-bond acceptors (Lipinski definition) is 7. The van der Waals surface area contributed by atoms with E-state index in [-0.39, 0.29) is 18.0 Å². The van der Waals surface area contributed by atoms with Crippen molar-refractivity contribution in [1.29, 1.82) is 0 Å². The molecule has 3 aromatic heterocycles. The molecule has 1 fully saturated rings. The lowest BCUT2D eigenvalue weighted by molar-refractivity contribution is 0.0514. The molecule has 0 spiro atoms. The van der Waals surface area contributed by atoms with Crippen LogP contribution >= 0.6 is 0 Å². The Bertz CT molecular complexity index is 1270. The van der Waals surface area contributed by atoms with Gasteiger partial charge in [-0.1, -0.05) is 19.6 Å². The number of nitrogens with zero attached hydrogens (tertiary/aromatic N) is 5. The van der Waals surface area contributed by atoms with E-state index in [0.717, 1.165) is 31.7 Å². The molecule has 0 bridgehead atoms. The van der Waals surface area contributed by atoms with Crippen molar-refractivity contribution in [1.82, 2.24) is 34.8 Å². The van der Waals surface area contributed by atoms with Gasteiger partial charge in [-0.25, -0.2) is 9.78 Å². The largest absolute Gasteiger partial charge is 0.444 e. The molecule has 1 aliphatic rings. The molecule has 0 unspecified atom stereocenters. The number of carbonyl (C=O) groups is 2. The Kier molecular flexibility index (Phi) is 8.41. The summed E-state index contributed by atoms with van der Waals surface area (Å²) in [6.45, 7) is 14.1. The smallest absolute Gasteiger partial charge is 0.407 e. The summed E-state index contributed by atoms with van der Waals surface area (Å²) in [6.07, 6.45) is 8.24. The zero-order valence-electron chi connectivity index (χ0n) is 23.4. The minimum atomic E-state index is -1.20. The number of carbonyl (C=O) groups excluding carboxylic acids is 2. The van der Waals surface area contributed by atoms with Crippen molar-refractivity contribution < 1.29 is 19.1 Å². The van der Waals surface area contributed by atoms with Gasteiger partial charge in [0, 0.05) is 33.5 Å². The summed E-state index contributed by atoms with van der Waals surface area (Å²) in [5.41, 5.74) is 1.94. The first-order valence-corrected chi connectivity index (χ1v) is 17.1. The number of hydrogen-bond donors (Lipinski definition) is 2. The normalized spacial score (nSPS) is 18.6. The quantitative estimate of drug-likeness (QED) is 0.306. The average Bonchev–Trinajstić information content (AvgIpc) is 3.44. The van der Waals surface area contributed by atoms with Crippen molar-refractivity contribution in [3.8, 4) is 0 Å². The molecule has 0 aromatic carbocycles. The molecule has 38 heavy (non-hydrogen) atoms. The van der Waals surface area contributed by atoms with E-state index < -0.39 is 13.7 Å². The maximum Gasteiger partial charge on any atom is 0.407 e. The van der Waals surface area contributed by atoms with Crippen LogP contribution in [0.2, 0.25) is 25.7 Å². The SMILES string of the molecule is CC(C)(C)OC(=O)NC[C@H]1CC[C@H](NC(=O)c2cn(COCC[Si](C)(C)C)c3ncc4nncn4c23)CC1. The topological polar surface area (TPSA) is 125 Å². The second kappa shape index (κ2) is 11.4. The molecule has 0 atom stereocenters. The second-order valence-electron chi connectivity index (χ2n) is 12.4. The van der Waals surface area contributed by atoms with E-state index in [0.29, 0.717) is 48.2 Å². The van der Waals surface area contributed by atoms with Crippen LogP contribution in [0.1, 0.15) is 56.8 Å². The molecule has 0 saturated heterocycles. The van der Waals surface area contributed by atoms with Crippen molar-refractivity contribution in [2.45, 2.75) is 90.5 Å². The fourth-order valence-electron chi connectivity index (χ4n) is 4.65. The third-order valence-corrected chi connectivity index (χ3v) is 8.43. The molecule has 2 amide bonds. The first kappa shape index (κ1) is 28.0. The number of nitrogens with one attached hydrogen (secondary N) is 2. The summed E-state index contributed by atoms with van der Waals surface area (Å²) < 4.78 is 15.0. The van der Waals surface area contributed by atoms with Crippen LogP contribution in [0.15, 0.2) is 18.7 Å². The molecule has 1 saturated carbocycles. The molecule has 3 aromatic rings. The first-order valence-electron chi connectivity index (χ1n) is 13.4. The highest BCUT2D eigenvalue weighted by Crippen LogP contribution is 2.26. The predicted molar refractivity (Wildman–Crippen MR) is 148 cm³/mol. The molecule has 0 aliphatic heterocycles. The Morgan fingerprint density at radius 1 is 1.16 bits per heavy atom. The number of alkyl carbamates (subject to hydrolysis) is 1. The highest BCUT2D eigenvalue weighted by atomic mass is 28.3. The van der Waals surface area contributed by atoms with Gasteiger partial charge >= 0.3 is 6.09 Å². The fourth-order valence-corrected chi connectivity index (χ4v) is 5.41. The van der Waals surface area contributed by atoms with Gasteiger partial charge in [-0.05, 0) is 58.4 Å². The lowest BCUT2D eigenvalue weighted by Crippen LogP contribution is -2.40. The highest BCUT2D eigenvalue weighted by Gasteiger charge is 2.26. The lowest BCUT2D eigenvalue weighted by Gasteiger charge is -2.29. The predicted octanol–water partition coefficient (Wildman–Crippen LogP) is 4.20. The van der Waals surface area contributed by atoms with E-state index in [9.17, 15) is 9.59 Å². The van der Waals surface area contributed by atoms with Gasteiger partial charge in [0.25, 0.3) is 5.91 Å². The third kappa shape index (κ3) is 7.31. The van der Waals surface area contributed by atoms with Crippen LogP contribution in [0, 0.1) is 5.92 Å². The Morgan fingerprint density at radius 2 is 1.89 bits per heavy atom. The molecule has 4 rings (SSSR count). The minimum Gasteiger partial charge on any atom is -0.444 e. The summed E-state index contributed by atoms with van der Waals surface area (Å²) in [5, 5.41) is 14.2. The van der Waals surface area contributed by atoms with Crippen LogP contribution < -0.4 is 10.6 Å². The molecule has 1 aliphatic carbocycles. The van der Waals surface area contributed by atoms with Crippen LogP contribution in [-0.2, 0) is 16.2 Å². The first-order chi connectivity index (χ1) is 17.9. The number of fused-ring (bicyclic) bond motifs is 3. The molecule has 12 heteroatoms. The Hall–Kier alpha value is -2.99. The van der Waals surface area contributed by atoms with E-state index in [1.165, 1.54) is 0 Å². The van der Waals surface area contributed by atoms with Gasteiger partial charge in [-0.3, -0.25) is 9.20 Å². The fraction of sp³-hybridized carbons (Fsp3) is 0.654. The van der Waals surface area contributed by atoms with E-state index in [2.05, 4.69) is 45.5 Å². The number of ether oxygens (including phenoxy) is 2. The van der Waals surface area contributed by atoms with Crippen molar-refractivity contribution in [2.75, 3.05) is 13.2 Å². The molecular weight excluding hydrogens is 502 g/mol. The highest BCUT2D eigenvalue weighted by molar-refractivity contribution is 6.76. The summed E-state index contributed by atoms with van der Waals surface area (Å²) >= 11 is 0. The summed E-state index contributed by atoms with van der Waals surface area (Å²) in [5.74, 6) is 0.223. The maximum atomic E-state index is 13.5. The van der Waals surface area contributed by atoms with Crippen molar-refractivity contribution >= 4 is 36.9 Å². The van der Waals surface area contributed by atoms with Crippen molar-refractivity contribution in [2.24, 2.45) is 5.92 Å². The number of rotatable bonds is 9. The van der Waals surface area contributed by atoms with Crippen LogP contribution in [0.3, 0.4) is 0 Å². The van der Waals surface area contributed by atoms with Gasteiger partial charge in [-0.15, -0.1) is 10.2 Å². The Labute approximate surface area is 224 Å². The van der Waals surface area contributed by atoms with E-state index in [1.807, 2.05) is 31.5 Å². The summed E-state index contributed by atoms with van der Waals surface area (Å²) in [7, 11) is -1.20. The second-order valence-corrected chi connectivity index (χ2v) is 18.0. The third-order valence-electron chi connectivity index (χ3n) is 6.73. The summed E-state index contributed by atoms with van der Waals surface area (Å²) in [6, 6.07) is 1.14. The number of amides is 2. The van der Waals surface area contributed by atoms with Gasteiger partial charge in [0.05, 0.1) is 11.8 Å². The van der Waals surface area contributed by atoms with Gasteiger partial charge in [-0.2, -0.15) is 0 Å². The minimum absolute atomic E-state index is 0.0692. The standard InChI is InChI=1S/C26H41N7O4Si/c1-26(2,3)37-25(35)28-13-18-7-9-19(10-8-18)30-24(34)20-15-32(17-36-11-12-38(4,5)6)23-22(20)33-16-29-31-21(33)14-27-23/h14-16,18-19H,7-13,17H2,1-6H3,(H,28,35)(H,30,34)/t18-,19-. The van der Waals surface area contributed by atoms with E-state index >= 15 is 0 Å². The van der Waals surface area contributed by atoms with E-state index in [1.54, 1.807) is 16.9 Å². The zero-order chi connectivity index (χ0) is 27.5. The van der Waals surface area contributed by atoms with E-state index in [4.69, 9.17) is 9.47 Å². The average molecular weight is 544 g/mol. The Balaban J connectivity index is 1.39. The maximum absolute atomic E-state index is 13.5. The molecule has 2 N–H and O–H groups in total. The van der Waals surface area contributed by atoms with Gasteiger partial charge in [0.2, 0.25) is 0 Å². The van der Waals surface area contributed by atoms with Crippen molar-refractivity contribution in [3.63, 3.8) is 0 Å². The molecular formula is C26H41N7O4Si. The Morgan fingerprint density at radius 3 is 2.58 bits per heavy atom. The lowest BCUT2D eigenvalue weighted by atomic mass is 9.86. The number of aromatic nitrogens is 5. The van der Waals surface area contributed by atoms with Gasteiger partial charge < -0.3 is 24.7 Å². The van der Waals surface area contributed by atoms with Crippen molar-refractivity contribution in [3.05, 3.63) is 24.3 Å². The molecule has 0 radical (unpaired) electrons. The molecule has 11 nitrogen and oxygen atoms in total. The summed E-state index contributed by atoms with van der Waals surface area (Å²) in [4.78, 5) is 30.0. The van der Waals surface area contributed by atoms with Gasteiger partial charge in [0.1, 0.15) is 24.2 Å². The monoisotopic (exact) mass is 543 g/mol. The molecule has 208 valence electrons. The van der Waals surface area contributed by atoms with Gasteiger partial charge in [0.15, 0.2) is 11.3 Å². The van der Waals surface area contributed by atoms with Crippen LogP contribution in [0.4, 0.5) is 4.79 Å². The van der Waals surface area contributed by atoms with Crippen LogP contribution in [0.25, 0.3) is 16.8 Å². The van der Waals surface area contributed by atoms with Crippen LogP contribution in [0.5, 0.6) is 0 Å². The van der Waals surface area contributed by atoms with Crippen LogP contribution in [-0.4, -0.2) is 69.0 Å². The molecule has 3 heterocycles.